The van der Waals surface area contributed by atoms with Gasteiger partial charge < -0.3 is 11.1 Å². The van der Waals surface area contributed by atoms with Crippen LogP contribution in [0.2, 0.25) is 0 Å². The minimum Gasteiger partial charge on any atom is -0.351 e. The van der Waals surface area contributed by atoms with E-state index in [9.17, 15) is 4.79 Å². The number of nitrogens with one attached hydrogen (secondary N) is 1. The van der Waals surface area contributed by atoms with Crippen molar-refractivity contribution in [3.05, 3.63) is 0 Å². The first-order chi connectivity index (χ1) is 7.15. The molecule has 3 nitrogen and oxygen atoms in total. The molecule has 0 aromatic heterocycles. The van der Waals surface area contributed by atoms with E-state index in [2.05, 4.69) is 12.2 Å². The highest BCUT2D eigenvalue weighted by molar-refractivity contribution is 7.99. The molecule has 2 fully saturated rings. The maximum atomic E-state index is 11.8. The van der Waals surface area contributed by atoms with Gasteiger partial charge in [0, 0.05) is 11.3 Å². The summed E-state index contributed by atoms with van der Waals surface area (Å²) in [6.45, 7) is 2.17. The zero-order valence-electron chi connectivity index (χ0n) is 9.70. The number of nitrogens with two attached hydrogens (primary N) is 1. The van der Waals surface area contributed by atoms with Crippen molar-refractivity contribution < 1.29 is 4.79 Å². The number of hydrogen-bond acceptors (Lipinski definition) is 3. The Bertz CT molecular complexity index is 258. The molecular formula is C11H21ClN2OS. The van der Waals surface area contributed by atoms with Gasteiger partial charge in [0.2, 0.25) is 5.91 Å². The summed E-state index contributed by atoms with van der Waals surface area (Å²) in [6.07, 6.45) is 5.31. The fourth-order valence-corrected chi connectivity index (χ4v) is 3.38. The molecule has 2 aliphatic rings. The molecule has 16 heavy (non-hydrogen) atoms. The Morgan fingerprint density at radius 3 is 2.75 bits per heavy atom. The molecule has 0 aromatic rings. The van der Waals surface area contributed by atoms with Gasteiger partial charge in [-0.25, -0.2) is 0 Å². The molecule has 0 bridgehead atoms. The third kappa shape index (κ3) is 3.05. The largest absolute Gasteiger partial charge is 0.351 e. The lowest BCUT2D eigenvalue weighted by molar-refractivity contribution is -0.123. The van der Waals surface area contributed by atoms with Crippen LogP contribution in [0.15, 0.2) is 0 Å². The predicted octanol–water partition coefficient (Wildman–Crippen LogP) is 1.69. The van der Waals surface area contributed by atoms with E-state index in [1.54, 1.807) is 0 Å². The quantitative estimate of drug-likeness (QED) is 0.813. The molecule has 0 aromatic carbocycles. The summed E-state index contributed by atoms with van der Waals surface area (Å²) in [5.41, 5.74) is 5.36. The first-order valence-corrected chi connectivity index (χ1v) is 6.92. The van der Waals surface area contributed by atoms with E-state index >= 15 is 0 Å². The van der Waals surface area contributed by atoms with Crippen LogP contribution in [0, 0.1) is 0 Å². The van der Waals surface area contributed by atoms with Crippen LogP contribution in [0.5, 0.6) is 0 Å². The first kappa shape index (κ1) is 14.1. The number of amides is 1. The van der Waals surface area contributed by atoms with Crippen LogP contribution < -0.4 is 11.1 Å². The summed E-state index contributed by atoms with van der Waals surface area (Å²) in [7, 11) is 0. The molecule has 2 unspecified atom stereocenters. The molecule has 2 aliphatic carbocycles. The van der Waals surface area contributed by atoms with E-state index < -0.39 is 5.54 Å². The molecule has 0 radical (unpaired) electrons. The minimum atomic E-state index is -0.510. The van der Waals surface area contributed by atoms with E-state index in [4.69, 9.17) is 5.73 Å². The second kappa shape index (κ2) is 5.61. The summed E-state index contributed by atoms with van der Waals surface area (Å²) in [6, 6.07) is 0.364. The van der Waals surface area contributed by atoms with Gasteiger partial charge in [0.1, 0.15) is 0 Å². The fourth-order valence-electron chi connectivity index (χ4n) is 2.18. The summed E-state index contributed by atoms with van der Waals surface area (Å²) in [5, 5.41) is 3.74. The molecule has 94 valence electrons. The number of carbonyl (C=O) groups is 1. The summed E-state index contributed by atoms with van der Waals surface area (Å²) in [4.78, 5) is 11.8. The highest BCUT2D eigenvalue weighted by Crippen LogP contribution is 2.34. The van der Waals surface area contributed by atoms with Crippen molar-refractivity contribution in [2.45, 2.75) is 55.9 Å². The van der Waals surface area contributed by atoms with Crippen LogP contribution in [0.1, 0.15) is 39.0 Å². The van der Waals surface area contributed by atoms with Gasteiger partial charge in [-0.15, -0.1) is 12.4 Å². The Morgan fingerprint density at radius 2 is 2.19 bits per heavy atom. The highest BCUT2D eigenvalue weighted by atomic mass is 35.5. The monoisotopic (exact) mass is 264 g/mol. The van der Waals surface area contributed by atoms with Gasteiger partial charge in [-0.3, -0.25) is 4.79 Å². The number of halogens is 1. The molecule has 3 N–H and O–H groups in total. The molecule has 2 saturated carbocycles. The fraction of sp³-hybridized carbons (Fsp3) is 0.909. The second-order valence-corrected chi connectivity index (χ2v) is 6.18. The van der Waals surface area contributed by atoms with Crippen LogP contribution in [-0.2, 0) is 4.79 Å². The zero-order valence-corrected chi connectivity index (χ0v) is 11.3. The number of carbonyl (C=O) groups excluding carboxylic acids is 1. The molecule has 0 heterocycles. The second-order valence-electron chi connectivity index (χ2n) is 4.66. The van der Waals surface area contributed by atoms with Crippen molar-refractivity contribution >= 4 is 30.1 Å². The summed E-state index contributed by atoms with van der Waals surface area (Å²) >= 11 is 1.96. The van der Waals surface area contributed by atoms with Gasteiger partial charge in [-0.2, -0.15) is 11.8 Å². The maximum Gasteiger partial charge on any atom is 0.240 e. The molecule has 2 atom stereocenters. The SMILES string of the molecule is CCSC1CCCC1NC(=O)C1(N)CC1.Cl. The lowest BCUT2D eigenvalue weighted by Gasteiger charge is -2.21. The standard InChI is InChI=1S/C11H20N2OS.ClH/c1-2-15-9-5-3-4-8(9)13-10(14)11(12)6-7-11;/h8-9H,2-7,12H2,1H3,(H,13,14);1H. The van der Waals surface area contributed by atoms with Crippen LogP contribution >= 0.6 is 24.2 Å². The van der Waals surface area contributed by atoms with E-state index in [0.717, 1.165) is 25.0 Å². The number of rotatable bonds is 4. The minimum absolute atomic E-state index is 0. The first-order valence-electron chi connectivity index (χ1n) is 5.87. The summed E-state index contributed by atoms with van der Waals surface area (Å²) < 4.78 is 0. The van der Waals surface area contributed by atoms with Crippen molar-refractivity contribution in [2.75, 3.05) is 5.75 Å². The Morgan fingerprint density at radius 1 is 1.50 bits per heavy atom. The number of thioether (sulfide) groups is 1. The van der Waals surface area contributed by atoms with E-state index in [1.807, 2.05) is 11.8 Å². The molecule has 5 heteroatoms. The normalized spacial score (nSPS) is 30.6. The lowest BCUT2D eigenvalue weighted by atomic mass is 10.2. The van der Waals surface area contributed by atoms with Crippen molar-refractivity contribution in [1.82, 2.24) is 5.32 Å². The Hall–Kier alpha value is 0.0700. The predicted molar refractivity (Wildman–Crippen MR) is 71.1 cm³/mol. The smallest absolute Gasteiger partial charge is 0.240 e. The van der Waals surface area contributed by atoms with E-state index in [0.29, 0.717) is 11.3 Å². The van der Waals surface area contributed by atoms with Crippen molar-refractivity contribution in [3.63, 3.8) is 0 Å². The Labute approximate surface area is 108 Å². The molecule has 2 rings (SSSR count). The zero-order chi connectivity index (χ0) is 10.9. The van der Waals surface area contributed by atoms with Crippen molar-refractivity contribution in [2.24, 2.45) is 5.73 Å². The van der Waals surface area contributed by atoms with Crippen LogP contribution in [0.25, 0.3) is 0 Å². The topological polar surface area (TPSA) is 55.1 Å². The summed E-state index contributed by atoms with van der Waals surface area (Å²) in [5.74, 6) is 1.21. The molecule has 1 amide bonds. The Kier molecular flexibility index (Phi) is 4.95. The maximum absolute atomic E-state index is 11.8. The molecule has 0 aliphatic heterocycles. The average Bonchev–Trinajstić information content (AvgIpc) is 2.81. The van der Waals surface area contributed by atoms with Crippen LogP contribution in [0.4, 0.5) is 0 Å². The third-order valence-electron chi connectivity index (χ3n) is 3.39. The van der Waals surface area contributed by atoms with E-state index in [1.165, 1.54) is 12.8 Å². The molecule has 0 spiro atoms. The van der Waals surface area contributed by atoms with Gasteiger partial charge in [0.05, 0.1) is 5.54 Å². The van der Waals surface area contributed by atoms with Gasteiger partial charge in [0.15, 0.2) is 0 Å². The van der Waals surface area contributed by atoms with Crippen LogP contribution in [-0.4, -0.2) is 28.5 Å². The van der Waals surface area contributed by atoms with Gasteiger partial charge in [-0.1, -0.05) is 13.3 Å². The number of hydrogen-bond donors (Lipinski definition) is 2. The Balaban J connectivity index is 0.00000128. The van der Waals surface area contributed by atoms with Gasteiger partial charge >= 0.3 is 0 Å². The van der Waals surface area contributed by atoms with Crippen molar-refractivity contribution in [3.8, 4) is 0 Å². The van der Waals surface area contributed by atoms with Crippen LogP contribution in [0.3, 0.4) is 0 Å². The highest BCUT2D eigenvalue weighted by Gasteiger charge is 2.47. The molecule has 0 saturated heterocycles. The van der Waals surface area contributed by atoms with E-state index in [-0.39, 0.29) is 18.3 Å². The average molecular weight is 265 g/mol. The third-order valence-corrected chi connectivity index (χ3v) is 4.72. The lowest BCUT2D eigenvalue weighted by Crippen LogP contribution is -2.48. The van der Waals surface area contributed by atoms with Gasteiger partial charge in [-0.05, 0) is 31.4 Å². The van der Waals surface area contributed by atoms with Gasteiger partial charge in [0.25, 0.3) is 0 Å². The molecular weight excluding hydrogens is 244 g/mol. The van der Waals surface area contributed by atoms with Crippen molar-refractivity contribution in [1.29, 1.82) is 0 Å².